The molecule has 1 aliphatic heterocycles. The van der Waals surface area contributed by atoms with Crippen LogP contribution in [0.15, 0.2) is 46.0 Å². The molecule has 1 aliphatic carbocycles. The van der Waals surface area contributed by atoms with Gasteiger partial charge in [0.2, 0.25) is 0 Å². The molecule has 1 aromatic carbocycles. The summed E-state index contributed by atoms with van der Waals surface area (Å²) in [4.78, 5) is 20.6. The van der Waals surface area contributed by atoms with Gasteiger partial charge in [0.25, 0.3) is 5.91 Å². The minimum absolute atomic E-state index is 0. The van der Waals surface area contributed by atoms with E-state index >= 15 is 0 Å². The molecule has 1 saturated carbocycles. The van der Waals surface area contributed by atoms with Crippen LogP contribution in [0.1, 0.15) is 28.5 Å². The molecular weight excluding hydrogens is 510 g/mol. The Bertz CT molecular complexity index is 864. The van der Waals surface area contributed by atoms with Gasteiger partial charge in [0, 0.05) is 55.8 Å². The van der Waals surface area contributed by atoms with Crippen LogP contribution < -0.4 is 5.32 Å². The van der Waals surface area contributed by atoms with Gasteiger partial charge in [-0.2, -0.15) is 0 Å². The molecule has 29 heavy (non-hydrogen) atoms. The summed E-state index contributed by atoms with van der Waals surface area (Å²) in [6.07, 6.45) is 2.32. The van der Waals surface area contributed by atoms with E-state index in [0.29, 0.717) is 42.5 Å². The fraction of sp³-hybridized carbons (Fsp3) is 0.400. The van der Waals surface area contributed by atoms with Crippen molar-refractivity contribution in [3.8, 4) is 0 Å². The van der Waals surface area contributed by atoms with Crippen molar-refractivity contribution in [1.29, 1.82) is 0 Å². The molecule has 2 fully saturated rings. The summed E-state index contributed by atoms with van der Waals surface area (Å²) in [7, 11) is 1.73. The van der Waals surface area contributed by atoms with Crippen LogP contribution >= 0.6 is 35.6 Å². The van der Waals surface area contributed by atoms with E-state index in [4.69, 9.17) is 16.0 Å². The molecule has 6 nitrogen and oxygen atoms in total. The molecule has 2 aromatic rings. The van der Waals surface area contributed by atoms with Crippen LogP contribution in [0.5, 0.6) is 0 Å². The number of carbonyl (C=O) groups excluding carboxylic acids is 1. The lowest BCUT2D eigenvalue weighted by Gasteiger charge is -2.36. The molecule has 0 spiro atoms. The molecule has 156 valence electrons. The number of piperazine rings is 1. The zero-order chi connectivity index (χ0) is 19.7. The number of hydrogen-bond acceptors (Lipinski definition) is 3. The zero-order valence-corrected chi connectivity index (χ0v) is 19.1. The molecular formula is C20H23ClFIN4O2. The van der Waals surface area contributed by atoms with Crippen LogP contribution in [0.4, 0.5) is 4.39 Å². The van der Waals surface area contributed by atoms with Crippen molar-refractivity contribution >= 4 is 47.4 Å². The summed E-state index contributed by atoms with van der Waals surface area (Å²) in [5, 5.41) is 3.88. The number of halogens is 3. The van der Waals surface area contributed by atoms with E-state index in [1.165, 1.54) is 12.3 Å². The lowest BCUT2D eigenvalue weighted by atomic mass is 10.1. The standard InChI is InChI=1S/C20H22ClFN4O2.HI/c1-23-20(24-16-12-13(16)18-14(21)4-2-5-15(18)22)26-9-7-25(8-10-26)19(27)17-6-3-11-28-17;/h2-6,11,13,16H,7-10,12H2,1H3,(H,23,24);1H. The Kier molecular flexibility index (Phi) is 7.05. The van der Waals surface area contributed by atoms with Crippen molar-refractivity contribution < 1.29 is 13.6 Å². The highest BCUT2D eigenvalue weighted by Gasteiger charge is 2.42. The fourth-order valence-corrected chi connectivity index (χ4v) is 3.98. The molecule has 2 aliphatic rings. The van der Waals surface area contributed by atoms with Crippen LogP contribution in [-0.4, -0.2) is 60.9 Å². The molecule has 1 amide bonds. The number of aliphatic imine (C=N–C) groups is 1. The first kappa shape index (κ1) is 21.9. The lowest BCUT2D eigenvalue weighted by molar-refractivity contribution is 0.0657. The first-order valence-corrected chi connectivity index (χ1v) is 9.71. The zero-order valence-electron chi connectivity index (χ0n) is 16.0. The molecule has 1 aromatic heterocycles. The van der Waals surface area contributed by atoms with Gasteiger partial charge in [-0.05, 0) is 30.7 Å². The molecule has 0 radical (unpaired) electrons. The molecule has 1 N–H and O–H groups in total. The van der Waals surface area contributed by atoms with Crippen LogP contribution in [0.3, 0.4) is 0 Å². The van der Waals surface area contributed by atoms with Crippen LogP contribution in [0, 0.1) is 5.82 Å². The SMILES string of the molecule is CN=C(NC1CC1c1c(F)cccc1Cl)N1CCN(C(=O)c2ccco2)CC1.I. The van der Waals surface area contributed by atoms with Crippen molar-refractivity contribution in [3.63, 3.8) is 0 Å². The Balaban J connectivity index is 0.00000240. The highest BCUT2D eigenvalue weighted by atomic mass is 127. The van der Waals surface area contributed by atoms with Gasteiger partial charge in [-0.25, -0.2) is 4.39 Å². The third-order valence-electron chi connectivity index (χ3n) is 5.29. The Morgan fingerprint density at radius 3 is 2.55 bits per heavy atom. The maximum atomic E-state index is 14.1. The van der Waals surface area contributed by atoms with Crippen molar-refractivity contribution in [3.05, 3.63) is 58.8 Å². The number of benzene rings is 1. The van der Waals surface area contributed by atoms with E-state index in [9.17, 15) is 9.18 Å². The van der Waals surface area contributed by atoms with Crippen molar-refractivity contribution in [2.45, 2.75) is 18.4 Å². The van der Waals surface area contributed by atoms with Gasteiger partial charge in [0.05, 0.1) is 6.26 Å². The third-order valence-corrected chi connectivity index (χ3v) is 5.62. The number of amides is 1. The lowest BCUT2D eigenvalue weighted by Crippen LogP contribution is -2.54. The summed E-state index contributed by atoms with van der Waals surface area (Å²) in [6.45, 7) is 2.52. The summed E-state index contributed by atoms with van der Waals surface area (Å²) in [5.74, 6) is 0.821. The molecule has 9 heteroatoms. The Morgan fingerprint density at radius 1 is 1.21 bits per heavy atom. The van der Waals surface area contributed by atoms with E-state index < -0.39 is 0 Å². The predicted octanol–water partition coefficient (Wildman–Crippen LogP) is 3.58. The second-order valence-electron chi connectivity index (χ2n) is 7.03. The van der Waals surface area contributed by atoms with Gasteiger partial charge in [-0.1, -0.05) is 17.7 Å². The van der Waals surface area contributed by atoms with E-state index in [-0.39, 0.29) is 47.7 Å². The van der Waals surface area contributed by atoms with Crippen LogP contribution in [0.2, 0.25) is 5.02 Å². The molecule has 2 heterocycles. The van der Waals surface area contributed by atoms with E-state index in [0.717, 1.165) is 12.4 Å². The van der Waals surface area contributed by atoms with Gasteiger partial charge < -0.3 is 19.5 Å². The predicted molar refractivity (Wildman–Crippen MR) is 121 cm³/mol. The average molecular weight is 533 g/mol. The number of nitrogens with zero attached hydrogens (tertiary/aromatic N) is 3. The minimum atomic E-state index is -0.262. The van der Waals surface area contributed by atoms with Crippen molar-refractivity contribution in [2.75, 3.05) is 33.2 Å². The quantitative estimate of drug-likeness (QED) is 0.373. The maximum Gasteiger partial charge on any atom is 0.289 e. The van der Waals surface area contributed by atoms with E-state index in [2.05, 4.69) is 15.2 Å². The van der Waals surface area contributed by atoms with E-state index in [1.807, 2.05) is 0 Å². The third kappa shape index (κ3) is 4.69. The number of furan rings is 1. The minimum Gasteiger partial charge on any atom is -0.459 e. The average Bonchev–Trinajstić information content (AvgIpc) is 3.22. The Labute approximate surface area is 191 Å². The fourth-order valence-electron chi connectivity index (χ4n) is 3.68. The highest BCUT2D eigenvalue weighted by molar-refractivity contribution is 14.0. The summed E-state index contributed by atoms with van der Waals surface area (Å²) in [5.41, 5.74) is 0.575. The monoisotopic (exact) mass is 532 g/mol. The number of carbonyl (C=O) groups is 1. The van der Waals surface area contributed by atoms with Gasteiger partial charge in [-0.3, -0.25) is 9.79 Å². The largest absolute Gasteiger partial charge is 0.459 e. The number of guanidine groups is 1. The second kappa shape index (κ2) is 9.34. The first-order chi connectivity index (χ1) is 13.6. The molecule has 4 rings (SSSR count). The van der Waals surface area contributed by atoms with E-state index in [1.54, 1.807) is 36.2 Å². The second-order valence-corrected chi connectivity index (χ2v) is 7.44. The van der Waals surface area contributed by atoms with Crippen LogP contribution in [-0.2, 0) is 0 Å². The topological polar surface area (TPSA) is 61.1 Å². The van der Waals surface area contributed by atoms with Crippen molar-refractivity contribution in [2.24, 2.45) is 4.99 Å². The summed E-state index contributed by atoms with van der Waals surface area (Å²) in [6, 6.07) is 8.28. The number of hydrogen-bond donors (Lipinski definition) is 1. The van der Waals surface area contributed by atoms with Crippen LogP contribution in [0.25, 0.3) is 0 Å². The normalized spacial score (nSPS) is 21.6. The highest BCUT2D eigenvalue weighted by Crippen LogP contribution is 2.45. The maximum absolute atomic E-state index is 14.1. The number of rotatable bonds is 3. The number of nitrogens with one attached hydrogen (secondary N) is 1. The molecule has 2 atom stereocenters. The summed E-state index contributed by atoms with van der Waals surface area (Å²) >= 11 is 6.18. The van der Waals surface area contributed by atoms with Gasteiger partial charge in [-0.15, -0.1) is 24.0 Å². The van der Waals surface area contributed by atoms with Gasteiger partial charge in [0.15, 0.2) is 11.7 Å². The van der Waals surface area contributed by atoms with Gasteiger partial charge in [0.1, 0.15) is 5.82 Å². The Hall–Kier alpha value is -1.81. The first-order valence-electron chi connectivity index (χ1n) is 9.33. The summed E-state index contributed by atoms with van der Waals surface area (Å²) < 4.78 is 19.3. The van der Waals surface area contributed by atoms with Crippen molar-refractivity contribution in [1.82, 2.24) is 15.1 Å². The Morgan fingerprint density at radius 2 is 1.93 bits per heavy atom. The molecule has 2 unspecified atom stereocenters. The molecule has 1 saturated heterocycles. The van der Waals surface area contributed by atoms with Gasteiger partial charge >= 0.3 is 0 Å². The molecule has 0 bridgehead atoms. The smallest absolute Gasteiger partial charge is 0.289 e.